The van der Waals surface area contributed by atoms with Gasteiger partial charge in [0, 0.05) is 7.11 Å². The fraction of sp³-hybridized carbons (Fsp3) is 0.385. The summed E-state index contributed by atoms with van der Waals surface area (Å²) >= 11 is 0. The van der Waals surface area contributed by atoms with Crippen LogP contribution < -0.4 is 15.4 Å². The number of carbonyl (C=O) groups is 1. The maximum atomic E-state index is 13.2. The smallest absolute Gasteiger partial charge is 0.320 e. The van der Waals surface area contributed by atoms with Crippen LogP contribution in [0.3, 0.4) is 0 Å². The number of amides is 2. The minimum atomic E-state index is -0.705. The molecule has 0 fully saturated rings. The number of fused-ring (bicyclic) bond motifs is 1. The molecule has 3 aromatic rings. The van der Waals surface area contributed by atoms with Crippen molar-refractivity contribution in [3.05, 3.63) is 71.3 Å². The van der Waals surface area contributed by atoms with E-state index in [1.165, 1.54) is 0 Å². The van der Waals surface area contributed by atoms with Crippen molar-refractivity contribution in [3.8, 4) is 11.6 Å². The minimum absolute atomic E-state index is 0.179. The van der Waals surface area contributed by atoms with Gasteiger partial charge in [-0.15, -0.1) is 5.10 Å². The fourth-order valence-electron chi connectivity index (χ4n) is 4.54. The van der Waals surface area contributed by atoms with E-state index in [0.717, 1.165) is 16.8 Å². The van der Waals surface area contributed by atoms with Crippen LogP contribution in [-0.4, -0.2) is 47.3 Å². The van der Waals surface area contributed by atoms with Crippen LogP contribution in [-0.2, 0) is 10.2 Å². The van der Waals surface area contributed by atoms with Gasteiger partial charge in [0.2, 0.25) is 5.88 Å². The van der Waals surface area contributed by atoms with Gasteiger partial charge in [-0.05, 0) is 42.0 Å². The van der Waals surface area contributed by atoms with E-state index in [0.29, 0.717) is 36.9 Å². The molecule has 2 atom stereocenters. The fourth-order valence-corrected chi connectivity index (χ4v) is 4.54. The number of carbonyl (C=O) groups excluding carboxylic acids is 1. The Bertz CT molecular complexity index is 1140. The Balaban J connectivity index is 1.60. The van der Waals surface area contributed by atoms with Crippen molar-refractivity contribution >= 4 is 11.8 Å². The summed E-state index contributed by atoms with van der Waals surface area (Å²) in [7, 11) is 1.61. The highest BCUT2D eigenvalue weighted by atomic mass is 16.5. The van der Waals surface area contributed by atoms with Gasteiger partial charge in [0.25, 0.3) is 0 Å². The van der Waals surface area contributed by atoms with Gasteiger partial charge in [-0.2, -0.15) is 0 Å². The number of hydrogen-bond acceptors (Lipinski definition) is 5. The molecule has 1 heterocycles. The summed E-state index contributed by atoms with van der Waals surface area (Å²) in [6, 6.07) is 16.5. The second-order valence-electron chi connectivity index (χ2n) is 9.19. The molecule has 3 N–H and O–H groups in total. The molecule has 1 aliphatic rings. The summed E-state index contributed by atoms with van der Waals surface area (Å²) in [6.45, 7) is 6.83. The zero-order valence-corrected chi connectivity index (χ0v) is 20.0. The molecular weight excluding hydrogens is 432 g/mol. The molecule has 2 amide bonds. The summed E-state index contributed by atoms with van der Waals surface area (Å²) < 4.78 is 12.5. The molecule has 1 aliphatic carbocycles. The van der Waals surface area contributed by atoms with Crippen molar-refractivity contribution in [1.29, 1.82) is 0 Å². The first kappa shape index (κ1) is 23.8. The number of methoxy groups -OCH3 is 1. The van der Waals surface area contributed by atoms with Crippen LogP contribution in [0.4, 0.5) is 10.6 Å². The molecular formula is C26H32N4O4. The lowest BCUT2D eigenvalue weighted by molar-refractivity contribution is 0.0883. The Morgan fingerprint density at radius 1 is 1.15 bits per heavy atom. The zero-order valence-electron chi connectivity index (χ0n) is 20.0. The van der Waals surface area contributed by atoms with Crippen LogP contribution in [0.2, 0.25) is 0 Å². The first-order valence-corrected chi connectivity index (χ1v) is 11.4. The van der Waals surface area contributed by atoms with Crippen molar-refractivity contribution in [2.75, 3.05) is 25.6 Å². The van der Waals surface area contributed by atoms with Crippen LogP contribution in [0.1, 0.15) is 43.0 Å². The van der Waals surface area contributed by atoms with Crippen molar-refractivity contribution in [3.63, 3.8) is 0 Å². The molecule has 4 rings (SSSR count). The van der Waals surface area contributed by atoms with Crippen LogP contribution in [0.5, 0.6) is 5.88 Å². The maximum Gasteiger partial charge on any atom is 0.320 e. The summed E-state index contributed by atoms with van der Waals surface area (Å²) in [5.74, 6) is 0.913. The second kappa shape index (κ2) is 9.87. The van der Waals surface area contributed by atoms with E-state index in [2.05, 4.69) is 35.6 Å². The third-order valence-corrected chi connectivity index (χ3v) is 6.25. The number of nitrogens with one attached hydrogen (secondary N) is 2. The molecule has 0 radical (unpaired) electrons. The quantitative estimate of drug-likeness (QED) is 0.457. The Hall–Kier alpha value is -3.36. The van der Waals surface area contributed by atoms with E-state index in [1.54, 1.807) is 11.8 Å². The number of para-hydroxylation sites is 1. The molecule has 0 aliphatic heterocycles. The SMILES string of the molecule is COCCOc1nn(-c2ccccc2)c(NC(=O)N[C@@H]2c3ccccc3C(C)(C)C[C@H]2O)c1C. The standard InChI is InChI=1S/C26H32N4O4/c1-17-23(30(18-10-6-5-7-11-18)29-24(17)34-15-14-33-4)28-25(32)27-22-19-12-8-9-13-20(19)26(2,3)16-21(22)31/h5-13,21-22,31H,14-16H2,1-4H3,(H2,27,28,32)/t21-,22-/m1/s1. The number of rotatable bonds is 7. The zero-order chi connectivity index (χ0) is 24.3. The van der Waals surface area contributed by atoms with Gasteiger partial charge >= 0.3 is 6.03 Å². The second-order valence-corrected chi connectivity index (χ2v) is 9.19. The summed E-state index contributed by atoms with van der Waals surface area (Å²) in [4.78, 5) is 13.2. The van der Waals surface area contributed by atoms with Gasteiger partial charge < -0.3 is 19.9 Å². The van der Waals surface area contributed by atoms with Gasteiger partial charge in [-0.3, -0.25) is 5.32 Å². The average Bonchev–Trinajstić information content (AvgIpc) is 3.12. The van der Waals surface area contributed by atoms with Crippen molar-refractivity contribution < 1.29 is 19.4 Å². The third kappa shape index (κ3) is 4.78. The van der Waals surface area contributed by atoms with Crippen LogP contribution in [0.15, 0.2) is 54.6 Å². The monoisotopic (exact) mass is 464 g/mol. The van der Waals surface area contributed by atoms with E-state index in [9.17, 15) is 9.90 Å². The number of ether oxygens (including phenoxy) is 2. The number of nitrogens with zero attached hydrogens (tertiary/aromatic N) is 2. The van der Waals surface area contributed by atoms with E-state index in [-0.39, 0.29) is 5.41 Å². The lowest BCUT2D eigenvalue weighted by Gasteiger charge is -2.40. The van der Waals surface area contributed by atoms with Gasteiger partial charge in [0.05, 0.1) is 30.0 Å². The molecule has 0 saturated heterocycles. The van der Waals surface area contributed by atoms with E-state index in [4.69, 9.17) is 9.47 Å². The van der Waals surface area contributed by atoms with Gasteiger partial charge in [0.15, 0.2) is 0 Å². The summed E-state index contributed by atoms with van der Waals surface area (Å²) in [6.07, 6.45) is -0.156. The van der Waals surface area contributed by atoms with E-state index < -0.39 is 18.2 Å². The average molecular weight is 465 g/mol. The lowest BCUT2D eigenvalue weighted by Crippen LogP contribution is -2.45. The molecule has 8 nitrogen and oxygen atoms in total. The summed E-state index contributed by atoms with van der Waals surface area (Å²) in [5.41, 5.74) is 3.36. The van der Waals surface area contributed by atoms with Crippen molar-refractivity contribution in [1.82, 2.24) is 15.1 Å². The topological polar surface area (TPSA) is 97.6 Å². The highest BCUT2D eigenvalue weighted by Crippen LogP contribution is 2.41. The first-order chi connectivity index (χ1) is 16.3. The predicted octanol–water partition coefficient (Wildman–Crippen LogP) is 4.11. The lowest BCUT2D eigenvalue weighted by atomic mass is 9.70. The van der Waals surface area contributed by atoms with Gasteiger partial charge in [-0.25, -0.2) is 9.48 Å². The number of urea groups is 1. The predicted molar refractivity (Wildman–Crippen MR) is 131 cm³/mol. The highest BCUT2D eigenvalue weighted by Gasteiger charge is 2.39. The summed E-state index contributed by atoms with van der Waals surface area (Å²) in [5, 5.41) is 21.4. The third-order valence-electron chi connectivity index (χ3n) is 6.25. The van der Waals surface area contributed by atoms with Crippen LogP contribution >= 0.6 is 0 Å². The highest BCUT2D eigenvalue weighted by molar-refractivity contribution is 5.90. The van der Waals surface area contributed by atoms with Crippen LogP contribution in [0, 0.1) is 6.92 Å². The Labute approximate surface area is 199 Å². The first-order valence-electron chi connectivity index (χ1n) is 11.4. The molecule has 34 heavy (non-hydrogen) atoms. The number of anilines is 1. The Morgan fingerprint density at radius 3 is 2.59 bits per heavy atom. The molecule has 1 aromatic heterocycles. The molecule has 0 spiro atoms. The van der Waals surface area contributed by atoms with E-state index in [1.807, 2.05) is 55.5 Å². The number of aromatic nitrogens is 2. The molecule has 0 saturated carbocycles. The maximum absolute atomic E-state index is 13.2. The molecule has 0 bridgehead atoms. The Morgan fingerprint density at radius 2 is 1.85 bits per heavy atom. The largest absolute Gasteiger partial charge is 0.474 e. The number of benzene rings is 2. The van der Waals surface area contributed by atoms with Crippen molar-refractivity contribution in [2.24, 2.45) is 0 Å². The molecule has 0 unspecified atom stereocenters. The molecule has 2 aromatic carbocycles. The molecule has 8 heteroatoms. The number of aliphatic hydroxyl groups is 1. The minimum Gasteiger partial charge on any atom is -0.474 e. The normalized spacial score (nSPS) is 18.7. The molecule has 180 valence electrons. The number of hydrogen-bond donors (Lipinski definition) is 3. The van der Waals surface area contributed by atoms with Crippen molar-refractivity contribution in [2.45, 2.75) is 44.8 Å². The van der Waals surface area contributed by atoms with Crippen LogP contribution in [0.25, 0.3) is 5.69 Å². The van der Waals surface area contributed by atoms with Gasteiger partial charge in [-0.1, -0.05) is 56.3 Å². The Kier molecular flexibility index (Phi) is 6.90. The number of aliphatic hydroxyl groups excluding tert-OH is 1. The van der Waals surface area contributed by atoms with E-state index >= 15 is 0 Å². The van der Waals surface area contributed by atoms with Gasteiger partial charge in [0.1, 0.15) is 12.4 Å².